The molecule has 204 valence electrons. The molecule has 4 rings (SSSR count). The molecule has 4 saturated carbocycles. The minimum Gasteiger partial charge on any atom is -0.393 e. The van der Waals surface area contributed by atoms with Gasteiger partial charge < -0.3 is 15.3 Å². The Hall–Kier alpha value is -0.210. The molecular formula is C28H50O6S. The van der Waals surface area contributed by atoms with Gasteiger partial charge >= 0.3 is 0 Å². The molecule has 0 bridgehead atoms. The van der Waals surface area contributed by atoms with Crippen molar-refractivity contribution >= 4 is 10.1 Å². The van der Waals surface area contributed by atoms with Crippen LogP contribution in [0.2, 0.25) is 0 Å². The highest BCUT2D eigenvalue weighted by Crippen LogP contribution is 2.69. The highest BCUT2D eigenvalue weighted by atomic mass is 32.2. The molecule has 4 unspecified atom stereocenters. The molecule has 0 radical (unpaired) electrons. The molecule has 7 heteroatoms. The summed E-state index contributed by atoms with van der Waals surface area (Å²) in [5, 5.41) is 33.9. The van der Waals surface area contributed by atoms with Crippen LogP contribution in [0.3, 0.4) is 0 Å². The molecule has 0 amide bonds. The van der Waals surface area contributed by atoms with E-state index >= 15 is 0 Å². The molecule has 0 aromatic rings. The third-order valence-electron chi connectivity index (χ3n) is 11.4. The lowest BCUT2D eigenvalue weighted by Gasteiger charge is -2.67. The summed E-state index contributed by atoms with van der Waals surface area (Å²) >= 11 is 0. The summed E-state index contributed by atoms with van der Waals surface area (Å²) < 4.78 is 30.4. The Kier molecular flexibility index (Phi) is 7.56. The highest BCUT2D eigenvalue weighted by Gasteiger charge is 2.71. The van der Waals surface area contributed by atoms with Crippen LogP contribution in [0.4, 0.5) is 0 Å². The molecule has 0 heterocycles. The van der Waals surface area contributed by atoms with Gasteiger partial charge in [0, 0.05) is 11.8 Å². The highest BCUT2D eigenvalue weighted by molar-refractivity contribution is 7.86. The summed E-state index contributed by atoms with van der Waals surface area (Å²) in [6, 6.07) is 0. The lowest BCUT2D eigenvalue weighted by Crippen LogP contribution is -2.73. The predicted octanol–water partition coefficient (Wildman–Crippen LogP) is 4.51. The number of hydrogen-bond acceptors (Lipinski definition) is 6. The van der Waals surface area contributed by atoms with Gasteiger partial charge in [0.05, 0.1) is 12.4 Å². The Morgan fingerprint density at radius 3 is 2.29 bits per heavy atom. The van der Waals surface area contributed by atoms with Gasteiger partial charge in [-0.25, -0.2) is 0 Å². The van der Waals surface area contributed by atoms with E-state index in [9.17, 15) is 23.7 Å². The summed E-state index contributed by atoms with van der Waals surface area (Å²) in [4.78, 5) is 0. The molecular weight excluding hydrogens is 464 g/mol. The van der Waals surface area contributed by atoms with Gasteiger partial charge in [0.25, 0.3) is 10.1 Å². The summed E-state index contributed by atoms with van der Waals surface area (Å²) in [7, 11) is -3.84. The van der Waals surface area contributed by atoms with E-state index in [1.54, 1.807) is 0 Å². The van der Waals surface area contributed by atoms with E-state index in [-0.39, 0.29) is 29.6 Å². The summed E-state index contributed by atoms with van der Waals surface area (Å²) in [5.74, 6) is 2.11. The van der Waals surface area contributed by atoms with Crippen molar-refractivity contribution in [1.82, 2.24) is 0 Å². The van der Waals surface area contributed by atoms with Crippen LogP contribution < -0.4 is 0 Å². The van der Waals surface area contributed by atoms with E-state index in [1.807, 2.05) is 0 Å². The molecule has 0 aromatic carbocycles. The molecule has 0 aromatic heterocycles. The van der Waals surface area contributed by atoms with Crippen LogP contribution in [0.15, 0.2) is 0 Å². The normalized spacial score (nSPS) is 48.8. The van der Waals surface area contributed by atoms with Crippen LogP contribution >= 0.6 is 0 Å². The fourth-order valence-corrected chi connectivity index (χ4v) is 10.2. The lowest BCUT2D eigenvalue weighted by molar-refractivity contribution is -0.292. The third kappa shape index (κ3) is 4.64. The number of aliphatic hydroxyl groups excluding tert-OH is 2. The second-order valence-electron chi connectivity index (χ2n) is 13.8. The molecule has 4 aliphatic carbocycles. The fourth-order valence-electron chi connectivity index (χ4n) is 9.56. The topological polar surface area (TPSA) is 104 Å². The zero-order valence-corrected chi connectivity index (χ0v) is 23.6. The van der Waals surface area contributed by atoms with E-state index in [1.165, 1.54) is 19.3 Å². The fraction of sp³-hybridized carbons (Fsp3) is 1.00. The second kappa shape index (κ2) is 9.52. The van der Waals surface area contributed by atoms with Crippen molar-refractivity contribution < 1.29 is 27.9 Å². The SMILES string of the molecule is CC(C)CCCC(C)[C@H]1CCC2C3C(CC[C@@]21C)[C@@]1(C)CC[C@H](O)C[C@]1(O)[C@H](O)[C@@H]3OS(C)(=O)=O. The van der Waals surface area contributed by atoms with Crippen molar-refractivity contribution in [2.75, 3.05) is 6.26 Å². The quantitative estimate of drug-likeness (QED) is 0.432. The van der Waals surface area contributed by atoms with Gasteiger partial charge in [0.1, 0.15) is 17.8 Å². The maximum Gasteiger partial charge on any atom is 0.264 e. The van der Waals surface area contributed by atoms with Crippen LogP contribution in [0.1, 0.15) is 98.8 Å². The lowest BCUT2D eigenvalue weighted by atomic mass is 9.41. The smallest absolute Gasteiger partial charge is 0.264 e. The molecule has 11 atom stereocenters. The number of rotatable bonds is 7. The maximum absolute atomic E-state index is 12.4. The number of fused-ring (bicyclic) bond motifs is 5. The molecule has 35 heavy (non-hydrogen) atoms. The van der Waals surface area contributed by atoms with E-state index in [0.29, 0.717) is 24.7 Å². The van der Waals surface area contributed by atoms with Gasteiger partial charge in [-0.2, -0.15) is 8.42 Å². The Bertz CT molecular complexity index is 875. The van der Waals surface area contributed by atoms with Crippen LogP contribution in [0.25, 0.3) is 0 Å². The van der Waals surface area contributed by atoms with Crippen LogP contribution in [-0.4, -0.2) is 53.9 Å². The number of hydrogen-bond donors (Lipinski definition) is 3. The largest absolute Gasteiger partial charge is 0.393 e. The first kappa shape index (κ1) is 27.8. The van der Waals surface area contributed by atoms with E-state index in [4.69, 9.17) is 4.18 Å². The van der Waals surface area contributed by atoms with Gasteiger partial charge in [0.15, 0.2) is 0 Å². The zero-order valence-electron chi connectivity index (χ0n) is 22.7. The van der Waals surface area contributed by atoms with Gasteiger partial charge in [-0.1, -0.05) is 53.9 Å². The summed E-state index contributed by atoms with van der Waals surface area (Å²) in [6.45, 7) is 11.4. The monoisotopic (exact) mass is 514 g/mol. The predicted molar refractivity (Wildman–Crippen MR) is 137 cm³/mol. The van der Waals surface area contributed by atoms with E-state index in [0.717, 1.165) is 37.9 Å². The van der Waals surface area contributed by atoms with Gasteiger partial charge in [0.2, 0.25) is 0 Å². The average molecular weight is 515 g/mol. The minimum atomic E-state index is -3.84. The summed E-state index contributed by atoms with van der Waals surface area (Å²) in [6.07, 6.45) is 7.15. The Balaban J connectivity index is 1.68. The van der Waals surface area contributed by atoms with Crippen LogP contribution in [0, 0.1) is 46.3 Å². The van der Waals surface area contributed by atoms with E-state index < -0.39 is 39.4 Å². The van der Waals surface area contributed by atoms with Gasteiger partial charge in [-0.05, 0) is 79.4 Å². The van der Waals surface area contributed by atoms with E-state index in [2.05, 4.69) is 34.6 Å². The maximum atomic E-state index is 12.4. The first-order chi connectivity index (χ1) is 16.1. The Morgan fingerprint density at radius 1 is 0.971 bits per heavy atom. The molecule has 4 fully saturated rings. The summed E-state index contributed by atoms with van der Waals surface area (Å²) in [5.41, 5.74) is -2.05. The average Bonchev–Trinajstić information content (AvgIpc) is 3.09. The first-order valence-corrected chi connectivity index (χ1v) is 15.9. The first-order valence-electron chi connectivity index (χ1n) is 14.1. The minimum absolute atomic E-state index is 0.0585. The van der Waals surface area contributed by atoms with Crippen molar-refractivity contribution in [2.45, 2.75) is 123 Å². The molecule has 0 aliphatic heterocycles. The van der Waals surface area contributed by atoms with Crippen LogP contribution in [0.5, 0.6) is 0 Å². The third-order valence-corrected chi connectivity index (χ3v) is 11.9. The van der Waals surface area contributed by atoms with Crippen molar-refractivity contribution in [3.63, 3.8) is 0 Å². The second-order valence-corrected chi connectivity index (χ2v) is 15.4. The van der Waals surface area contributed by atoms with Crippen LogP contribution in [-0.2, 0) is 14.3 Å². The zero-order chi connectivity index (χ0) is 26.0. The van der Waals surface area contributed by atoms with Crippen molar-refractivity contribution in [3.8, 4) is 0 Å². The van der Waals surface area contributed by atoms with Crippen molar-refractivity contribution in [1.29, 1.82) is 0 Å². The molecule has 4 aliphatic rings. The standard InChI is InChI=1S/C28H50O6S/c1-17(2)8-7-9-18(3)20-10-11-21-23-22(13-14-26(20,21)4)27(5)15-12-19(29)16-28(27,31)25(30)24(23)34-35(6,32)33/h17-25,29-31H,7-16H2,1-6H3/t18?,19-,20+,21?,22?,23?,24+,25+,26+,27+,28-/m0/s1. The molecule has 3 N–H and O–H groups in total. The molecule has 0 spiro atoms. The van der Waals surface area contributed by atoms with Crippen molar-refractivity contribution in [3.05, 3.63) is 0 Å². The molecule has 6 nitrogen and oxygen atoms in total. The van der Waals surface area contributed by atoms with Gasteiger partial charge in [-0.15, -0.1) is 0 Å². The Labute approximate surface area is 213 Å². The van der Waals surface area contributed by atoms with Crippen molar-refractivity contribution in [2.24, 2.45) is 46.3 Å². The number of aliphatic hydroxyl groups is 3. The van der Waals surface area contributed by atoms with Gasteiger partial charge in [-0.3, -0.25) is 4.18 Å². The molecule has 0 saturated heterocycles. The Morgan fingerprint density at radius 2 is 1.66 bits per heavy atom.